The van der Waals surface area contributed by atoms with Crippen LogP contribution in [0.3, 0.4) is 0 Å². The number of aliphatic hydroxyl groups excluding tert-OH is 1. The van der Waals surface area contributed by atoms with Crippen molar-refractivity contribution in [2.75, 3.05) is 18.4 Å². The zero-order valence-electron chi connectivity index (χ0n) is 16.0. The first-order chi connectivity index (χ1) is 14.0. The van der Waals surface area contributed by atoms with Crippen LogP contribution in [0.15, 0.2) is 48.5 Å². The first-order valence-electron chi connectivity index (χ1n) is 9.54. The Morgan fingerprint density at radius 3 is 2.79 bits per heavy atom. The van der Waals surface area contributed by atoms with Crippen molar-refractivity contribution in [3.05, 3.63) is 59.7 Å². The Morgan fingerprint density at radius 2 is 2.03 bits per heavy atom. The van der Waals surface area contributed by atoms with Crippen molar-refractivity contribution in [3.8, 4) is 11.8 Å². The number of ether oxygens (including phenoxy) is 1. The summed E-state index contributed by atoms with van der Waals surface area (Å²) in [4.78, 5) is 25.7. The lowest BCUT2D eigenvalue weighted by Crippen LogP contribution is -2.42. The minimum Gasteiger partial charge on any atom is -0.489 e. The van der Waals surface area contributed by atoms with Gasteiger partial charge in [0.2, 0.25) is 5.91 Å². The van der Waals surface area contributed by atoms with Gasteiger partial charge >= 0.3 is 0 Å². The van der Waals surface area contributed by atoms with Crippen molar-refractivity contribution in [3.63, 3.8) is 0 Å². The van der Waals surface area contributed by atoms with E-state index < -0.39 is 6.10 Å². The van der Waals surface area contributed by atoms with E-state index in [-0.39, 0.29) is 18.4 Å². The molecule has 3 rings (SSSR count). The van der Waals surface area contributed by atoms with Gasteiger partial charge in [0.15, 0.2) is 0 Å². The molecule has 2 N–H and O–H groups in total. The molecular weight excluding hydrogens is 370 g/mol. The SMILES string of the molecule is N#Cc1cccc(COc2ccc(NC(=O)CN3CCCCC(O)C3=O)cc2)c1. The largest absolute Gasteiger partial charge is 0.489 e. The summed E-state index contributed by atoms with van der Waals surface area (Å²) < 4.78 is 5.71. The van der Waals surface area contributed by atoms with E-state index in [1.165, 1.54) is 4.90 Å². The van der Waals surface area contributed by atoms with Gasteiger partial charge in [-0.05, 0) is 61.2 Å². The molecule has 2 aromatic rings. The molecule has 0 aromatic heterocycles. The molecule has 1 aliphatic heterocycles. The molecule has 7 heteroatoms. The normalized spacial score (nSPS) is 16.6. The molecule has 0 radical (unpaired) electrons. The van der Waals surface area contributed by atoms with Gasteiger partial charge in [0.25, 0.3) is 5.91 Å². The molecule has 2 aromatic carbocycles. The van der Waals surface area contributed by atoms with E-state index in [0.717, 1.165) is 18.4 Å². The van der Waals surface area contributed by atoms with E-state index in [4.69, 9.17) is 10.00 Å². The summed E-state index contributed by atoms with van der Waals surface area (Å²) in [5.74, 6) is -0.0625. The highest BCUT2D eigenvalue weighted by Crippen LogP contribution is 2.18. The van der Waals surface area contributed by atoms with E-state index in [1.807, 2.05) is 12.1 Å². The zero-order valence-corrected chi connectivity index (χ0v) is 16.0. The molecule has 0 saturated carbocycles. The lowest BCUT2D eigenvalue weighted by molar-refractivity contribution is -0.141. The molecule has 1 unspecified atom stereocenters. The van der Waals surface area contributed by atoms with Crippen LogP contribution in [0, 0.1) is 11.3 Å². The topological polar surface area (TPSA) is 103 Å². The Labute approximate surface area is 169 Å². The number of carbonyl (C=O) groups excluding carboxylic acids is 2. The molecule has 0 aliphatic carbocycles. The third-order valence-electron chi connectivity index (χ3n) is 4.69. The second-order valence-corrected chi connectivity index (χ2v) is 6.94. The smallest absolute Gasteiger partial charge is 0.251 e. The van der Waals surface area contributed by atoms with Crippen LogP contribution >= 0.6 is 0 Å². The number of aliphatic hydroxyl groups is 1. The predicted octanol–water partition coefficient (Wildman–Crippen LogP) is 2.45. The van der Waals surface area contributed by atoms with Crippen LogP contribution in [0.25, 0.3) is 0 Å². The molecule has 7 nitrogen and oxygen atoms in total. The second-order valence-electron chi connectivity index (χ2n) is 6.94. The Hall–Kier alpha value is -3.37. The Kier molecular flexibility index (Phi) is 6.82. The number of hydrogen-bond donors (Lipinski definition) is 2. The van der Waals surface area contributed by atoms with Crippen molar-refractivity contribution < 1.29 is 19.4 Å². The number of nitrogens with zero attached hydrogens (tertiary/aromatic N) is 2. The Bertz CT molecular complexity index is 905. The zero-order chi connectivity index (χ0) is 20.6. The number of benzene rings is 2. The number of amides is 2. The van der Waals surface area contributed by atoms with Gasteiger partial charge in [-0.2, -0.15) is 5.26 Å². The van der Waals surface area contributed by atoms with Crippen LogP contribution in [0.4, 0.5) is 5.69 Å². The van der Waals surface area contributed by atoms with Gasteiger partial charge in [-0.25, -0.2) is 0 Å². The molecule has 2 amide bonds. The van der Waals surface area contributed by atoms with Gasteiger partial charge in [0.05, 0.1) is 18.2 Å². The quantitative estimate of drug-likeness (QED) is 0.785. The van der Waals surface area contributed by atoms with Gasteiger partial charge < -0.3 is 20.1 Å². The second kappa shape index (κ2) is 9.71. The molecule has 1 heterocycles. The number of hydrogen-bond acceptors (Lipinski definition) is 5. The summed E-state index contributed by atoms with van der Waals surface area (Å²) in [5, 5.41) is 21.5. The maximum absolute atomic E-state index is 12.3. The number of nitrogens with one attached hydrogen (secondary N) is 1. The summed E-state index contributed by atoms with van der Waals surface area (Å²) in [6.07, 6.45) is 0.974. The van der Waals surface area contributed by atoms with Gasteiger partial charge in [0, 0.05) is 12.2 Å². The molecule has 1 saturated heterocycles. The summed E-state index contributed by atoms with van der Waals surface area (Å²) >= 11 is 0. The van der Waals surface area contributed by atoms with Crippen LogP contribution in [0.1, 0.15) is 30.4 Å². The number of carbonyl (C=O) groups is 2. The summed E-state index contributed by atoms with van der Waals surface area (Å²) in [6, 6.07) is 16.2. The highest BCUT2D eigenvalue weighted by Gasteiger charge is 2.26. The number of rotatable bonds is 6. The maximum atomic E-state index is 12.3. The Balaban J connectivity index is 1.51. The summed E-state index contributed by atoms with van der Waals surface area (Å²) in [5.41, 5.74) is 2.07. The first-order valence-corrected chi connectivity index (χ1v) is 9.54. The lowest BCUT2D eigenvalue weighted by Gasteiger charge is -2.21. The molecule has 0 spiro atoms. The van der Waals surface area contributed by atoms with E-state index in [0.29, 0.717) is 36.6 Å². The van der Waals surface area contributed by atoms with Crippen LogP contribution in [-0.4, -0.2) is 41.0 Å². The fourth-order valence-electron chi connectivity index (χ4n) is 3.15. The van der Waals surface area contributed by atoms with Crippen LogP contribution in [0.2, 0.25) is 0 Å². The average molecular weight is 393 g/mol. The molecule has 0 bridgehead atoms. The van der Waals surface area contributed by atoms with Crippen LogP contribution in [-0.2, 0) is 16.2 Å². The van der Waals surface area contributed by atoms with E-state index in [2.05, 4.69) is 11.4 Å². The fraction of sp³-hybridized carbons (Fsp3) is 0.318. The lowest BCUT2D eigenvalue weighted by atomic mass is 10.1. The molecule has 1 fully saturated rings. The monoisotopic (exact) mass is 393 g/mol. The van der Waals surface area contributed by atoms with Gasteiger partial charge in [-0.15, -0.1) is 0 Å². The van der Waals surface area contributed by atoms with Crippen molar-refractivity contribution in [1.29, 1.82) is 5.26 Å². The van der Waals surface area contributed by atoms with Crippen LogP contribution < -0.4 is 10.1 Å². The van der Waals surface area contributed by atoms with E-state index in [9.17, 15) is 14.7 Å². The van der Waals surface area contributed by atoms with Crippen molar-refractivity contribution >= 4 is 17.5 Å². The van der Waals surface area contributed by atoms with E-state index in [1.54, 1.807) is 36.4 Å². The van der Waals surface area contributed by atoms with Crippen LogP contribution in [0.5, 0.6) is 5.75 Å². The fourth-order valence-corrected chi connectivity index (χ4v) is 3.15. The third kappa shape index (κ3) is 5.80. The number of nitriles is 1. The molecule has 1 atom stereocenters. The van der Waals surface area contributed by atoms with Gasteiger partial charge in [-0.3, -0.25) is 9.59 Å². The van der Waals surface area contributed by atoms with Crippen molar-refractivity contribution in [2.24, 2.45) is 0 Å². The van der Waals surface area contributed by atoms with E-state index >= 15 is 0 Å². The predicted molar refractivity (Wildman–Crippen MR) is 107 cm³/mol. The first kappa shape index (κ1) is 20.4. The summed E-state index contributed by atoms with van der Waals surface area (Å²) in [6.45, 7) is 0.729. The van der Waals surface area contributed by atoms with Gasteiger partial charge in [0.1, 0.15) is 18.5 Å². The number of anilines is 1. The highest BCUT2D eigenvalue weighted by molar-refractivity contribution is 5.95. The Morgan fingerprint density at radius 1 is 1.24 bits per heavy atom. The van der Waals surface area contributed by atoms with Gasteiger partial charge in [-0.1, -0.05) is 12.1 Å². The molecule has 29 heavy (non-hydrogen) atoms. The molecule has 1 aliphatic rings. The highest BCUT2D eigenvalue weighted by atomic mass is 16.5. The number of likely N-dealkylation sites (tertiary alicyclic amines) is 1. The standard InChI is InChI=1S/C22H23N3O4/c23-13-16-4-3-5-17(12-16)15-29-19-9-7-18(8-10-19)24-21(27)14-25-11-2-1-6-20(26)22(25)28/h3-5,7-10,12,20,26H,1-2,6,11,14-15H2,(H,24,27). The van der Waals surface area contributed by atoms with Crippen molar-refractivity contribution in [1.82, 2.24) is 4.90 Å². The third-order valence-corrected chi connectivity index (χ3v) is 4.69. The van der Waals surface area contributed by atoms with Crippen molar-refractivity contribution in [2.45, 2.75) is 32.0 Å². The molecule has 150 valence electrons. The minimum absolute atomic E-state index is 0.0800. The minimum atomic E-state index is -1.02. The molecular formula is C22H23N3O4. The average Bonchev–Trinajstić information content (AvgIpc) is 2.89. The summed E-state index contributed by atoms with van der Waals surface area (Å²) in [7, 11) is 0. The maximum Gasteiger partial charge on any atom is 0.251 e.